The highest BCUT2D eigenvalue weighted by Gasteiger charge is 2.42. The Labute approximate surface area is 72.9 Å². The molecule has 70 valence electrons. The van der Waals surface area contributed by atoms with Gasteiger partial charge in [0.2, 0.25) is 5.91 Å². The molecule has 1 rings (SSSR count). The number of carbonyl (C=O) groups is 1. The molecular weight excluding hydrogens is 154 g/mol. The van der Waals surface area contributed by atoms with Gasteiger partial charge in [-0.15, -0.1) is 0 Å². The Bertz CT molecular complexity index is 175. The molecule has 0 spiro atoms. The van der Waals surface area contributed by atoms with Crippen molar-refractivity contribution in [1.29, 1.82) is 0 Å². The van der Waals surface area contributed by atoms with Gasteiger partial charge in [0.25, 0.3) is 0 Å². The topological polar surface area (TPSA) is 67.1 Å². The molecule has 0 aromatic heterocycles. The maximum atomic E-state index is 11.0. The SMILES string of the molecule is CC(C)CNC1(C(N)=O)CNC1. The molecule has 0 aromatic carbocycles. The van der Waals surface area contributed by atoms with E-state index in [0.717, 1.165) is 6.54 Å². The lowest BCUT2D eigenvalue weighted by Gasteiger charge is -2.40. The van der Waals surface area contributed by atoms with Crippen molar-refractivity contribution in [2.75, 3.05) is 19.6 Å². The molecule has 0 radical (unpaired) electrons. The summed E-state index contributed by atoms with van der Waals surface area (Å²) in [5.41, 5.74) is 4.81. The summed E-state index contributed by atoms with van der Waals surface area (Å²) in [6.07, 6.45) is 0. The Morgan fingerprint density at radius 3 is 2.50 bits per heavy atom. The van der Waals surface area contributed by atoms with Gasteiger partial charge in [-0.1, -0.05) is 13.8 Å². The van der Waals surface area contributed by atoms with Crippen molar-refractivity contribution >= 4 is 5.91 Å². The van der Waals surface area contributed by atoms with Gasteiger partial charge < -0.3 is 16.4 Å². The largest absolute Gasteiger partial charge is 0.368 e. The molecule has 0 aliphatic carbocycles. The van der Waals surface area contributed by atoms with Crippen LogP contribution in [0.2, 0.25) is 0 Å². The van der Waals surface area contributed by atoms with E-state index in [-0.39, 0.29) is 5.91 Å². The van der Waals surface area contributed by atoms with E-state index >= 15 is 0 Å². The van der Waals surface area contributed by atoms with Gasteiger partial charge in [0.15, 0.2) is 0 Å². The quantitative estimate of drug-likeness (QED) is 0.511. The van der Waals surface area contributed by atoms with E-state index in [1.165, 1.54) is 0 Å². The first-order valence-corrected chi connectivity index (χ1v) is 4.32. The monoisotopic (exact) mass is 171 g/mol. The molecule has 4 N–H and O–H groups in total. The van der Waals surface area contributed by atoms with Crippen LogP contribution in [0.4, 0.5) is 0 Å². The van der Waals surface area contributed by atoms with Gasteiger partial charge in [-0.2, -0.15) is 0 Å². The maximum Gasteiger partial charge on any atom is 0.240 e. The minimum atomic E-state index is -0.468. The first kappa shape index (κ1) is 9.48. The van der Waals surface area contributed by atoms with Gasteiger partial charge >= 0.3 is 0 Å². The van der Waals surface area contributed by atoms with E-state index in [1.54, 1.807) is 0 Å². The lowest BCUT2D eigenvalue weighted by molar-refractivity contribution is -0.126. The molecule has 1 aliphatic rings. The van der Waals surface area contributed by atoms with E-state index in [2.05, 4.69) is 24.5 Å². The third-order valence-electron chi connectivity index (χ3n) is 2.17. The van der Waals surface area contributed by atoms with Crippen LogP contribution in [0.15, 0.2) is 0 Å². The first-order valence-electron chi connectivity index (χ1n) is 4.32. The molecule has 0 saturated carbocycles. The van der Waals surface area contributed by atoms with Gasteiger partial charge in [-0.3, -0.25) is 4.79 Å². The summed E-state index contributed by atoms with van der Waals surface area (Å²) in [7, 11) is 0. The van der Waals surface area contributed by atoms with Gasteiger partial charge in [0.1, 0.15) is 5.54 Å². The Kier molecular flexibility index (Phi) is 2.69. The van der Waals surface area contributed by atoms with Crippen molar-refractivity contribution in [1.82, 2.24) is 10.6 Å². The Morgan fingerprint density at radius 2 is 2.25 bits per heavy atom. The standard InChI is InChI=1S/C8H17N3O/c1-6(2)3-11-8(7(9)12)4-10-5-8/h6,10-11H,3-5H2,1-2H3,(H2,9,12). The zero-order valence-corrected chi connectivity index (χ0v) is 7.68. The number of nitrogens with one attached hydrogen (secondary N) is 2. The number of hydrogen-bond donors (Lipinski definition) is 3. The summed E-state index contributed by atoms with van der Waals surface area (Å²) in [6, 6.07) is 0. The van der Waals surface area contributed by atoms with Gasteiger partial charge in [-0.25, -0.2) is 0 Å². The highest BCUT2D eigenvalue weighted by Crippen LogP contribution is 2.10. The van der Waals surface area contributed by atoms with Crippen LogP contribution < -0.4 is 16.4 Å². The van der Waals surface area contributed by atoms with Crippen molar-refractivity contribution < 1.29 is 4.79 Å². The Hall–Kier alpha value is -0.610. The Morgan fingerprint density at radius 1 is 1.67 bits per heavy atom. The van der Waals surface area contributed by atoms with Crippen LogP contribution in [0.5, 0.6) is 0 Å². The molecule has 1 aliphatic heterocycles. The second-order valence-electron chi connectivity index (χ2n) is 3.82. The molecule has 0 atom stereocenters. The molecule has 12 heavy (non-hydrogen) atoms. The molecule has 1 amide bonds. The third-order valence-corrected chi connectivity index (χ3v) is 2.17. The van der Waals surface area contributed by atoms with E-state index < -0.39 is 5.54 Å². The van der Waals surface area contributed by atoms with Crippen LogP contribution >= 0.6 is 0 Å². The van der Waals surface area contributed by atoms with Crippen LogP contribution in [-0.2, 0) is 4.79 Å². The number of nitrogens with two attached hydrogens (primary N) is 1. The van der Waals surface area contributed by atoms with Crippen LogP contribution in [0.25, 0.3) is 0 Å². The minimum Gasteiger partial charge on any atom is -0.368 e. The average Bonchev–Trinajstić information content (AvgIpc) is 1.83. The summed E-state index contributed by atoms with van der Waals surface area (Å²) in [4.78, 5) is 11.0. The van der Waals surface area contributed by atoms with E-state index in [0.29, 0.717) is 19.0 Å². The number of carbonyl (C=O) groups excluding carboxylic acids is 1. The minimum absolute atomic E-state index is 0.248. The predicted octanol–water partition coefficient (Wildman–Crippen LogP) is -0.941. The van der Waals surface area contributed by atoms with Crippen LogP contribution in [-0.4, -0.2) is 31.1 Å². The van der Waals surface area contributed by atoms with Crippen LogP contribution in [0.1, 0.15) is 13.8 Å². The number of amides is 1. The summed E-state index contributed by atoms with van der Waals surface area (Å²) >= 11 is 0. The average molecular weight is 171 g/mol. The predicted molar refractivity (Wildman–Crippen MR) is 47.6 cm³/mol. The van der Waals surface area contributed by atoms with E-state index in [4.69, 9.17) is 5.73 Å². The molecule has 0 aromatic rings. The molecule has 1 fully saturated rings. The third kappa shape index (κ3) is 1.76. The normalized spacial score (nSPS) is 20.6. The van der Waals surface area contributed by atoms with Crippen LogP contribution in [0.3, 0.4) is 0 Å². The maximum absolute atomic E-state index is 11.0. The first-order chi connectivity index (χ1) is 5.57. The van der Waals surface area contributed by atoms with Crippen molar-refractivity contribution in [3.05, 3.63) is 0 Å². The number of primary amides is 1. The van der Waals surface area contributed by atoms with Crippen molar-refractivity contribution in [3.63, 3.8) is 0 Å². The lowest BCUT2D eigenvalue weighted by Crippen LogP contribution is -2.74. The summed E-state index contributed by atoms with van der Waals surface area (Å²) in [5, 5.41) is 6.24. The number of hydrogen-bond acceptors (Lipinski definition) is 3. The fourth-order valence-corrected chi connectivity index (χ4v) is 1.16. The zero-order chi connectivity index (χ0) is 9.19. The van der Waals surface area contributed by atoms with E-state index in [9.17, 15) is 4.79 Å². The van der Waals surface area contributed by atoms with Gasteiger partial charge in [0, 0.05) is 13.1 Å². The molecule has 1 saturated heterocycles. The highest BCUT2D eigenvalue weighted by atomic mass is 16.1. The van der Waals surface area contributed by atoms with Gasteiger partial charge in [-0.05, 0) is 12.5 Å². The second kappa shape index (κ2) is 3.41. The van der Waals surface area contributed by atoms with Crippen molar-refractivity contribution in [3.8, 4) is 0 Å². The highest BCUT2D eigenvalue weighted by molar-refractivity contribution is 5.86. The molecule has 0 unspecified atom stereocenters. The lowest BCUT2D eigenvalue weighted by atomic mass is 9.91. The summed E-state index contributed by atoms with van der Waals surface area (Å²) < 4.78 is 0. The van der Waals surface area contributed by atoms with Crippen LogP contribution in [0, 0.1) is 5.92 Å². The molecule has 4 nitrogen and oxygen atoms in total. The zero-order valence-electron chi connectivity index (χ0n) is 7.68. The Balaban J connectivity index is 2.40. The van der Waals surface area contributed by atoms with Crippen molar-refractivity contribution in [2.45, 2.75) is 19.4 Å². The summed E-state index contributed by atoms with van der Waals surface area (Å²) in [5.74, 6) is 0.295. The smallest absolute Gasteiger partial charge is 0.240 e. The summed E-state index contributed by atoms with van der Waals surface area (Å²) in [6.45, 7) is 6.37. The van der Waals surface area contributed by atoms with E-state index in [1.807, 2.05) is 0 Å². The van der Waals surface area contributed by atoms with Gasteiger partial charge in [0.05, 0.1) is 0 Å². The second-order valence-corrected chi connectivity index (χ2v) is 3.82. The molecule has 1 heterocycles. The van der Waals surface area contributed by atoms with Crippen molar-refractivity contribution in [2.24, 2.45) is 11.7 Å². The fourth-order valence-electron chi connectivity index (χ4n) is 1.16. The molecule has 0 bridgehead atoms. The fraction of sp³-hybridized carbons (Fsp3) is 0.875. The molecule has 4 heteroatoms. The number of rotatable bonds is 4. The molecular formula is C8H17N3O.